The van der Waals surface area contributed by atoms with Crippen LogP contribution < -0.4 is 5.73 Å². The predicted octanol–water partition coefficient (Wildman–Crippen LogP) is 2.39. The molecule has 1 aromatic rings. The van der Waals surface area contributed by atoms with E-state index in [9.17, 15) is 0 Å². The maximum absolute atomic E-state index is 6.01. The van der Waals surface area contributed by atoms with Crippen LogP contribution >= 0.6 is 12.4 Å². The van der Waals surface area contributed by atoms with E-state index in [1.54, 1.807) is 0 Å². The van der Waals surface area contributed by atoms with Crippen molar-refractivity contribution >= 4 is 12.4 Å². The van der Waals surface area contributed by atoms with Gasteiger partial charge in [0.1, 0.15) is 0 Å². The fourth-order valence-electron chi connectivity index (χ4n) is 1.58. The molecular weight excluding hydrogens is 182 g/mol. The van der Waals surface area contributed by atoms with Crippen LogP contribution in [0.2, 0.25) is 0 Å². The van der Waals surface area contributed by atoms with Crippen molar-refractivity contribution in [2.45, 2.75) is 25.3 Å². The summed E-state index contributed by atoms with van der Waals surface area (Å²) in [5, 5.41) is 0. The molecule has 1 aliphatic rings. The zero-order valence-corrected chi connectivity index (χ0v) is 8.46. The summed E-state index contributed by atoms with van der Waals surface area (Å²) in [5.74, 6) is 0.810. The van der Waals surface area contributed by atoms with Gasteiger partial charge in [0.2, 0.25) is 0 Å². The SMILES string of the molecule is Cl.NC(Cc1ccccc1)C1CC1. The average Bonchev–Trinajstić information content (AvgIpc) is 2.88. The number of nitrogens with two attached hydrogens (primary N) is 1. The molecular formula is C11H16ClN. The highest BCUT2D eigenvalue weighted by Crippen LogP contribution is 2.32. The highest BCUT2D eigenvalue weighted by Gasteiger charge is 2.28. The Bertz CT molecular complexity index is 244. The van der Waals surface area contributed by atoms with Gasteiger partial charge in [-0.2, -0.15) is 0 Å². The van der Waals surface area contributed by atoms with Gasteiger partial charge in [0, 0.05) is 6.04 Å². The molecule has 0 amide bonds. The number of rotatable bonds is 3. The van der Waals surface area contributed by atoms with Gasteiger partial charge < -0.3 is 5.73 Å². The first kappa shape index (κ1) is 10.6. The summed E-state index contributed by atoms with van der Waals surface area (Å²) in [6, 6.07) is 10.9. The molecule has 0 aliphatic heterocycles. The fraction of sp³-hybridized carbons (Fsp3) is 0.455. The van der Waals surface area contributed by atoms with Crippen LogP contribution in [0.15, 0.2) is 30.3 Å². The molecule has 1 fully saturated rings. The quantitative estimate of drug-likeness (QED) is 0.792. The molecule has 2 heteroatoms. The van der Waals surface area contributed by atoms with Crippen LogP contribution in [0.5, 0.6) is 0 Å². The van der Waals surface area contributed by atoms with E-state index in [0.29, 0.717) is 6.04 Å². The Hall–Kier alpha value is -0.530. The first-order valence-corrected chi connectivity index (χ1v) is 4.66. The Morgan fingerprint density at radius 3 is 2.38 bits per heavy atom. The standard InChI is InChI=1S/C11H15N.ClH/c12-11(10-6-7-10)8-9-4-2-1-3-5-9;/h1-5,10-11H,6-8,12H2;1H. The van der Waals surface area contributed by atoms with E-state index in [0.717, 1.165) is 12.3 Å². The van der Waals surface area contributed by atoms with Gasteiger partial charge in [0.15, 0.2) is 0 Å². The molecule has 1 aliphatic carbocycles. The minimum atomic E-state index is 0. The molecule has 0 spiro atoms. The predicted molar refractivity (Wildman–Crippen MR) is 58.1 cm³/mol. The molecule has 0 heterocycles. The second kappa shape index (κ2) is 4.64. The number of benzene rings is 1. The minimum absolute atomic E-state index is 0. The molecule has 2 rings (SSSR count). The van der Waals surface area contributed by atoms with E-state index in [1.165, 1.54) is 18.4 Å². The van der Waals surface area contributed by atoms with Crippen molar-refractivity contribution in [3.05, 3.63) is 35.9 Å². The van der Waals surface area contributed by atoms with E-state index in [4.69, 9.17) is 5.73 Å². The van der Waals surface area contributed by atoms with Crippen LogP contribution in [0.1, 0.15) is 18.4 Å². The molecule has 1 saturated carbocycles. The summed E-state index contributed by atoms with van der Waals surface area (Å²) in [5.41, 5.74) is 7.38. The minimum Gasteiger partial charge on any atom is -0.327 e. The van der Waals surface area contributed by atoms with Gasteiger partial charge in [0.05, 0.1) is 0 Å². The second-order valence-electron chi connectivity index (χ2n) is 3.69. The van der Waals surface area contributed by atoms with Gasteiger partial charge in [-0.3, -0.25) is 0 Å². The third kappa shape index (κ3) is 3.02. The highest BCUT2D eigenvalue weighted by atomic mass is 35.5. The smallest absolute Gasteiger partial charge is 0.0108 e. The molecule has 13 heavy (non-hydrogen) atoms. The van der Waals surface area contributed by atoms with Crippen molar-refractivity contribution in [2.24, 2.45) is 11.7 Å². The van der Waals surface area contributed by atoms with Gasteiger partial charge in [-0.1, -0.05) is 30.3 Å². The molecule has 72 valence electrons. The Labute approximate surface area is 85.7 Å². The van der Waals surface area contributed by atoms with Gasteiger partial charge in [0.25, 0.3) is 0 Å². The maximum atomic E-state index is 6.01. The molecule has 1 nitrogen and oxygen atoms in total. The van der Waals surface area contributed by atoms with Gasteiger partial charge in [-0.15, -0.1) is 12.4 Å². The zero-order valence-electron chi connectivity index (χ0n) is 7.65. The number of hydrogen-bond donors (Lipinski definition) is 1. The molecule has 1 aromatic carbocycles. The van der Waals surface area contributed by atoms with Crippen molar-refractivity contribution in [1.29, 1.82) is 0 Å². The van der Waals surface area contributed by atoms with Gasteiger partial charge in [-0.05, 0) is 30.7 Å². The molecule has 0 saturated heterocycles. The average molecular weight is 198 g/mol. The van der Waals surface area contributed by atoms with Crippen LogP contribution in [0.4, 0.5) is 0 Å². The lowest BCUT2D eigenvalue weighted by molar-refractivity contribution is 0.592. The third-order valence-corrected chi connectivity index (χ3v) is 2.54. The Kier molecular flexibility index (Phi) is 3.76. The third-order valence-electron chi connectivity index (χ3n) is 2.54. The molecule has 0 bridgehead atoms. The zero-order chi connectivity index (χ0) is 8.39. The Balaban J connectivity index is 0.000000845. The largest absolute Gasteiger partial charge is 0.327 e. The maximum Gasteiger partial charge on any atom is 0.0108 e. The first-order chi connectivity index (χ1) is 5.86. The van der Waals surface area contributed by atoms with Crippen molar-refractivity contribution < 1.29 is 0 Å². The van der Waals surface area contributed by atoms with Crippen molar-refractivity contribution in [2.75, 3.05) is 0 Å². The number of hydrogen-bond acceptors (Lipinski definition) is 1. The van der Waals surface area contributed by atoms with Crippen LogP contribution in [-0.4, -0.2) is 6.04 Å². The van der Waals surface area contributed by atoms with E-state index in [2.05, 4.69) is 24.3 Å². The molecule has 0 radical (unpaired) electrons. The normalized spacial score (nSPS) is 17.6. The monoisotopic (exact) mass is 197 g/mol. The highest BCUT2D eigenvalue weighted by molar-refractivity contribution is 5.85. The lowest BCUT2D eigenvalue weighted by atomic mass is 10.0. The summed E-state index contributed by atoms with van der Waals surface area (Å²) in [6.07, 6.45) is 3.73. The van der Waals surface area contributed by atoms with Crippen molar-refractivity contribution in [1.82, 2.24) is 0 Å². The fourth-order valence-corrected chi connectivity index (χ4v) is 1.58. The second-order valence-corrected chi connectivity index (χ2v) is 3.69. The summed E-state index contributed by atoms with van der Waals surface area (Å²) in [4.78, 5) is 0. The Morgan fingerprint density at radius 1 is 1.23 bits per heavy atom. The van der Waals surface area contributed by atoms with Crippen LogP contribution in [0, 0.1) is 5.92 Å². The number of halogens is 1. The molecule has 2 N–H and O–H groups in total. The van der Waals surface area contributed by atoms with Crippen LogP contribution in [0.3, 0.4) is 0 Å². The van der Waals surface area contributed by atoms with Gasteiger partial charge in [-0.25, -0.2) is 0 Å². The van der Waals surface area contributed by atoms with Gasteiger partial charge >= 0.3 is 0 Å². The molecule has 0 aromatic heterocycles. The first-order valence-electron chi connectivity index (χ1n) is 4.66. The topological polar surface area (TPSA) is 26.0 Å². The lowest BCUT2D eigenvalue weighted by Crippen LogP contribution is -2.24. The van der Waals surface area contributed by atoms with Crippen LogP contribution in [0.25, 0.3) is 0 Å². The van der Waals surface area contributed by atoms with E-state index < -0.39 is 0 Å². The molecule has 1 unspecified atom stereocenters. The summed E-state index contributed by atoms with van der Waals surface area (Å²) >= 11 is 0. The summed E-state index contributed by atoms with van der Waals surface area (Å²) in [7, 11) is 0. The van der Waals surface area contributed by atoms with Crippen molar-refractivity contribution in [3.63, 3.8) is 0 Å². The van der Waals surface area contributed by atoms with E-state index in [-0.39, 0.29) is 12.4 Å². The summed E-state index contributed by atoms with van der Waals surface area (Å²) < 4.78 is 0. The van der Waals surface area contributed by atoms with Crippen LogP contribution in [-0.2, 0) is 6.42 Å². The lowest BCUT2D eigenvalue weighted by Gasteiger charge is -2.09. The van der Waals surface area contributed by atoms with E-state index >= 15 is 0 Å². The van der Waals surface area contributed by atoms with E-state index in [1.807, 2.05) is 6.07 Å². The molecule has 1 atom stereocenters. The Morgan fingerprint density at radius 2 is 1.85 bits per heavy atom. The van der Waals surface area contributed by atoms with Crippen molar-refractivity contribution in [3.8, 4) is 0 Å². The summed E-state index contributed by atoms with van der Waals surface area (Å²) in [6.45, 7) is 0.